The lowest BCUT2D eigenvalue weighted by Gasteiger charge is -2.12. The summed E-state index contributed by atoms with van der Waals surface area (Å²) in [4.78, 5) is 21.7. The molecular formula is C19H27FIN5OS. The van der Waals surface area contributed by atoms with Crippen LogP contribution in [0.5, 0.6) is 0 Å². The highest BCUT2D eigenvalue weighted by Crippen LogP contribution is 2.13. The number of thiazole rings is 1. The minimum Gasteiger partial charge on any atom is -0.356 e. The van der Waals surface area contributed by atoms with Gasteiger partial charge >= 0.3 is 0 Å². The molecule has 1 heterocycles. The van der Waals surface area contributed by atoms with E-state index in [1.54, 1.807) is 30.5 Å². The van der Waals surface area contributed by atoms with Crippen LogP contribution >= 0.6 is 35.3 Å². The van der Waals surface area contributed by atoms with Crippen LogP contribution in [-0.2, 0) is 24.1 Å². The first-order valence-electron chi connectivity index (χ1n) is 9.00. The lowest BCUT2D eigenvalue weighted by Crippen LogP contribution is -2.42. The molecule has 1 aromatic carbocycles. The zero-order valence-electron chi connectivity index (χ0n) is 16.1. The summed E-state index contributed by atoms with van der Waals surface area (Å²) in [6.07, 6.45) is 3.95. The van der Waals surface area contributed by atoms with E-state index in [1.807, 2.05) is 6.20 Å². The van der Waals surface area contributed by atoms with Crippen LogP contribution in [0.15, 0.2) is 35.5 Å². The molecule has 1 aromatic heterocycles. The van der Waals surface area contributed by atoms with Gasteiger partial charge in [0.2, 0.25) is 5.91 Å². The number of nitrogens with one attached hydrogen (secondary N) is 3. The first-order valence-corrected chi connectivity index (χ1v) is 9.81. The number of carbonyl (C=O) groups excluding carboxylic acids is 1. The summed E-state index contributed by atoms with van der Waals surface area (Å²) in [6, 6.07) is 6.07. The third kappa shape index (κ3) is 8.96. The van der Waals surface area contributed by atoms with Gasteiger partial charge in [-0.3, -0.25) is 9.79 Å². The molecule has 6 nitrogen and oxygen atoms in total. The fourth-order valence-electron chi connectivity index (χ4n) is 2.41. The molecule has 9 heteroatoms. The molecule has 0 unspecified atom stereocenters. The summed E-state index contributed by atoms with van der Waals surface area (Å²) >= 11 is 1.74. The summed E-state index contributed by atoms with van der Waals surface area (Å²) in [6.45, 7) is 3.87. The molecule has 0 bridgehead atoms. The molecule has 0 aliphatic carbocycles. The smallest absolute Gasteiger partial charge is 0.224 e. The highest BCUT2D eigenvalue weighted by atomic mass is 127. The van der Waals surface area contributed by atoms with Crippen LogP contribution in [0.2, 0.25) is 0 Å². The van der Waals surface area contributed by atoms with Gasteiger partial charge in [0.25, 0.3) is 0 Å². The molecule has 1 amide bonds. The molecule has 0 spiro atoms. The second-order valence-corrected chi connectivity index (χ2v) is 7.11. The van der Waals surface area contributed by atoms with Crippen molar-refractivity contribution in [3.63, 3.8) is 0 Å². The van der Waals surface area contributed by atoms with Crippen LogP contribution in [0.25, 0.3) is 0 Å². The van der Waals surface area contributed by atoms with E-state index in [1.165, 1.54) is 17.0 Å². The van der Waals surface area contributed by atoms with Crippen LogP contribution < -0.4 is 16.0 Å². The fraction of sp³-hybridized carbons (Fsp3) is 0.421. The number of amides is 1. The van der Waals surface area contributed by atoms with Gasteiger partial charge < -0.3 is 16.0 Å². The van der Waals surface area contributed by atoms with E-state index >= 15 is 0 Å². The molecule has 28 heavy (non-hydrogen) atoms. The van der Waals surface area contributed by atoms with Crippen LogP contribution in [0.3, 0.4) is 0 Å². The average Bonchev–Trinajstić information content (AvgIpc) is 3.11. The Balaban J connectivity index is 0.00000392. The van der Waals surface area contributed by atoms with Crippen LogP contribution in [0.4, 0.5) is 4.39 Å². The Morgan fingerprint density at radius 2 is 1.96 bits per heavy atom. The Hall–Kier alpha value is -1.75. The second-order valence-electron chi connectivity index (χ2n) is 5.91. The van der Waals surface area contributed by atoms with Gasteiger partial charge in [0.15, 0.2) is 5.96 Å². The number of nitrogens with zero attached hydrogens (tertiary/aromatic N) is 2. The van der Waals surface area contributed by atoms with Gasteiger partial charge in [0.1, 0.15) is 5.82 Å². The van der Waals surface area contributed by atoms with E-state index in [0.717, 1.165) is 24.4 Å². The molecule has 2 aromatic rings. The molecule has 0 saturated heterocycles. The highest BCUT2D eigenvalue weighted by Gasteiger charge is 2.05. The molecule has 0 fully saturated rings. The summed E-state index contributed by atoms with van der Waals surface area (Å²) in [5.74, 6) is 0.211. The van der Waals surface area contributed by atoms with Gasteiger partial charge in [-0.25, -0.2) is 9.37 Å². The van der Waals surface area contributed by atoms with Gasteiger partial charge in [-0.15, -0.1) is 35.3 Å². The number of benzene rings is 1. The molecule has 0 saturated carbocycles. The van der Waals surface area contributed by atoms with Crippen molar-refractivity contribution in [2.75, 3.05) is 26.7 Å². The van der Waals surface area contributed by atoms with E-state index in [0.29, 0.717) is 24.6 Å². The zero-order valence-corrected chi connectivity index (χ0v) is 19.3. The number of hydrogen-bond acceptors (Lipinski definition) is 4. The predicted molar refractivity (Wildman–Crippen MR) is 123 cm³/mol. The number of aromatic nitrogens is 1. The number of carbonyl (C=O) groups is 1. The van der Waals surface area contributed by atoms with Crippen molar-refractivity contribution in [2.45, 2.75) is 26.2 Å². The number of halogens is 2. The lowest BCUT2D eigenvalue weighted by molar-refractivity contribution is -0.120. The third-order valence-electron chi connectivity index (χ3n) is 3.80. The van der Waals surface area contributed by atoms with E-state index in [-0.39, 0.29) is 42.1 Å². The Morgan fingerprint density at radius 3 is 2.64 bits per heavy atom. The number of rotatable bonds is 9. The van der Waals surface area contributed by atoms with Crippen molar-refractivity contribution in [1.29, 1.82) is 0 Å². The number of hydrogen-bond donors (Lipinski definition) is 3. The van der Waals surface area contributed by atoms with Crippen molar-refractivity contribution in [1.82, 2.24) is 20.9 Å². The van der Waals surface area contributed by atoms with Crippen molar-refractivity contribution in [3.05, 3.63) is 51.7 Å². The van der Waals surface area contributed by atoms with E-state index in [2.05, 4.69) is 32.9 Å². The van der Waals surface area contributed by atoms with Crippen LogP contribution in [0.1, 0.15) is 22.4 Å². The van der Waals surface area contributed by atoms with Gasteiger partial charge in [0, 0.05) is 44.2 Å². The Labute approximate surface area is 186 Å². The predicted octanol–water partition coefficient (Wildman–Crippen LogP) is 2.53. The van der Waals surface area contributed by atoms with E-state index in [4.69, 9.17) is 0 Å². The van der Waals surface area contributed by atoms with Crippen molar-refractivity contribution in [3.8, 4) is 0 Å². The van der Waals surface area contributed by atoms with Crippen molar-refractivity contribution >= 4 is 47.2 Å². The standard InChI is InChI=1S/C19H26FN5OS.HI/c1-3-16-13-25-18(27-16)7-8-23-19(21-2)24-10-9-22-17(26)12-14-5-4-6-15(20)11-14;/h4-6,11,13H,3,7-10,12H2,1-2H3,(H,22,26)(H2,21,23,24);1H. The molecule has 0 aliphatic rings. The SMILES string of the molecule is CCc1cnc(CCNC(=NC)NCCNC(=O)Cc2cccc(F)c2)s1.I. The summed E-state index contributed by atoms with van der Waals surface area (Å²) in [5.41, 5.74) is 0.659. The largest absolute Gasteiger partial charge is 0.356 e. The molecule has 0 radical (unpaired) electrons. The molecule has 2 rings (SSSR count). The third-order valence-corrected chi connectivity index (χ3v) is 5.00. The number of aryl methyl sites for hydroxylation is 1. The topological polar surface area (TPSA) is 78.4 Å². The minimum absolute atomic E-state index is 0. The second kappa shape index (κ2) is 13.4. The van der Waals surface area contributed by atoms with Crippen LogP contribution in [-0.4, -0.2) is 43.5 Å². The monoisotopic (exact) mass is 519 g/mol. The molecular weight excluding hydrogens is 492 g/mol. The Morgan fingerprint density at radius 1 is 1.21 bits per heavy atom. The zero-order chi connectivity index (χ0) is 19.5. The summed E-state index contributed by atoms with van der Waals surface area (Å²) in [7, 11) is 1.70. The lowest BCUT2D eigenvalue weighted by atomic mass is 10.1. The van der Waals surface area contributed by atoms with Crippen molar-refractivity contribution in [2.24, 2.45) is 4.99 Å². The highest BCUT2D eigenvalue weighted by molar-refractivity contribution is 14.0. The maximum atomic E-state index is 13.1. The maximum Gasteiger partial charge on any atom is 0.224 e. The van der Waals surface area contributed by atoms with Crippen molar-refractivity contribution < 1.29 is 9.18 Å². The molecule has 154 valence electrons. The average molecular weight is 519 g/mol. The number of aliphatic imine (C=N–C) groups is 1. The molecule has 0 atom stereocenters. The first kappa shape index (κ1) is 24.3. The number of guanidine groups is 1. The molecule has 3 N–H and O–H groups in total. The summed E-state index contributed by atoms with van der Waals surface area (Å²) < 4.78 is 13.1. The van der Waals surface area contributed by atoms with Gasteiger partial charge in [-0.05, 0) is 24.1 Å². The van der Waals surface area contributed by atoms with Gasteiger partial charge in [-0.1, -0.05) is 19.1 Å². The van der Waals surface area contributed by atoms with E-state index < -0.39 is 0 Å². The Kier molecular flexibility index (Phi) is 11.7. The normalized spacial score (nSPS) is 10.9. The van der Waals surface area contributed by atoms with E-state index in [9.17, 15) is 9.18 Å². The fourth-order valence-corrected chi connectivity index (χ4v) is 3.28. The summed E-state index contributed by atoms with van der Waals surface area (Å²) in [5, 5.41) is 10.3. The maximum absolute atomic E-state index is 13.1. The van der Waals surface area contributed by atoms with Gasteiger partial charge in [0.05, 0.1) is 11.4 Å². The van der Waals surface area contributed by atoms with Crippen LogP contribution in [0, 0.1) is 5.82 Å². The first-order chi connectivity index (χ1) is 13.1. The minimum atomic E-state index is -0.333. The van der Waals surface area contributed by atoms with Gasteiger partial charge in [-0.2, -0.15) is 0 Å². The Bertz CT molecular complexity index is 768. The molecule has 0 aliphatic heterocycles. The quantitative estimate of drug-likeness (QED) is 0.206.